The summed E-state index contributed by atoms with van der Waals surface area (Å²) in [6.07, 6.45) is 4.64. The Bertz CT molecular complexity index is 614. The molecular weight excluding hydrogens is 293 g/mol. The number of anilines is 2. The summed E-state index contributed by atoms with van der Waals surface area (Å²) in [7, 11) is 0. The van der Waals surface area contributed by atoms with Crippen LogP contribution in [0.15, 0.2) is 18.2 Å². The number of hydrogen-bond donors (Lipinski definition) is 1. The summed E-state index contributed by atoms with van der Waals surface area (Å²) in [4.78, 5) is 6.36. The van der Waals surface area contributed by atoms with Crippen molar-refractivity contribution in [3.63, 3.8) is 0 Å². The number of nitrogens with two attached hydrogens (primary N) is 1. The van der Waals surface area contributed by atoms with Crippen molar-refractivity contribution in [1.82, 2.24) is 14.8 Å². The maximum absolute atomic E-state index is 14.0. The van der Waals surface area contributed by atoms with Gasteiger partial charge in [0.2, 0.25) is 11.9 Å². The summed E-state index contributed by atoms with van der Waals surface area (Å²) >= 11 is 6.06. The van der Waals surface area contributed by atoms with E-state index in [9.17, 15) is 4.39 Å². The predicted octanol–water partition coefficient (Wildman–Crippen LogP) is 3.02. The molecular formula is C14H17ClFN5. The SMILES string of the molecule is Nc1nc(N2CCCCCC2)nn1-c1c(F)cccc1Cl. The van der Waals surface area contributed by atoms with E-state index in [1.807, 2.05) is 0 Å². The van der Waals surface area contributed by atoms with Crippen molar-refractivity contribution in [3.8, 4) is 5.69 Å². The van der Waals surface area contributed by atoms with E-state index in [0.29, 0.717) is 5.95 Å². The second-order valence-electron chi connectivity index (χ2n) is 5.15. The van der Waals surface area contributed by atoms with Crippen LogP contribution in [0.2, 0.25) is 5.02 Å². The second-order valence-corrected chi connectivity index (χ2v) is 5.56. The lowest BCUT2D eigenvalue weighted by molar-refractivity contribution is 0.611. The molecule has 21 heavy (non-hydrogen) atoms. The molecule has 1 fully saturated rings. The van der Waals surface area contributed by atoms with Crippen molar-refractivity contribution in [2.24, 2.45) is 0 Å². The number of nitrogens with zero attached hydrogens (tertiary/aromatic N) is 4. The summed E-state index contributed by atoms with van der Waals surface area (Å²) in [6.45, 7) is 1.79. The molecule has 0 radical (unpaired) electrons. The maximum atomic E-state index is 14.0. The van der Waals surface area contributed by atoms with E-state index in [-0.39, 0.29) is 16.7 Å². The van der Waals surface area contributed by atoms with E-state index in [2.05, 4.69) is 15.0 Å². The smallest absolute Gasteiger partial charge is 0.246 e. The van der Waals surface area contributed by atoms with Gasteiger partial charge in [-0.2, -0.15) is 9.67 Å². The summed E-state index contributed by atoms with van der Waals surface area (Å²) in [5, 5.41) is 4.61. The van der Waals surface area contributed by atoms with Crippen LogP contribution in [0.1, 0.15) is 25.7 Å². The number of rotatable bonds is 2. The molecule has 0 spiro atoms. The fourth-order valence-corrected chi connectivity index (χ4v) is 2.82. The van der Waals surface area contributed by atoms with Gasteiger partial charge in [0, 0.05) is 13.1 Å². The highest BCUT2D eigenvalue weighted by atomic mass is 35.5. The Kier molecular flexibility index (Phi) is 3.96. The van der Waals surface area contributed by atoms with Gasteiger partial charge < -0.3 is 10.6 Å². The standard InChI is InChI=1S/C14H17ClFN5/c15-10-6-5-7-11(16)12(10)21-13(17)18-14(19-21)20-8-3-1-2-4-9-20/h5-7H,1-4,8-9H2,(H2,17,18,19). The first-order chi connectivity index (χ1) is 10.2. The van der Waals surface area contributed by atoms with Crippen LogP contribution in [0, 0.1) is 5.82 Å². The van der Waals surface area contributed by atoms with Crippen molar-refractivity contribution in [1.29, 1.82) is 0 Å². The van der Waals surface area contributed by atoms with Crippen LogP contribution in [-0.2, 0) is 0 Å². The molecule has 7 heteroatoms. The molecule has 0 unspecified atom stereocenters. The molecule has 0 aliphatic carbocycles. The van der Waals surface area contributed by atoms with Crippen LogP contribution >= 0.6 is 11.6 Å². The molecule has 1 aliphatic heterocycles. The molecule has 112 valence electrons. The van der Waals surface area contributed by atoms with E-state index >= 15 is 0 Å². The zero-order valence-electron chi connectivity index (χ0n) is 11.6. The quantitative estimate of drug-likeness (QED) is 0.926. The van der Waals surface area contributed by atoms with Gasteiger partial charge in [0.05, 0.1) is 5.02 Å². The highest BCUT2D eigenvalue weighted by molar-refractivity contribution is 6.32. The van der Waals surface area contributed by atoms with Crippen LogP contribution in [0.4, 0.5) is 16.3 Å². The largest absolute Gasteiger partial charge is 0.368 e. The molecule has 2 N–H and O–H groups in total. The Morgan fingerprint density at radius 2 is 1.86 bits per heavy atom. The van der Waals surface area contributed by atoms with E-state index in [1.165, 1.54) is 23.6 Å². The van der Waals surface area contributed by atoms with Gasteiger partial charge in [-0.25, -0.2) is 4.39 Å². The van der Waals surface area contributed by atoms with Crippen LogP contribution < -0.4 is 10.6 Å². The topological polar surface area (TPSA) is 60.0 Å². The number of benzene rings is 1. The summed E-state index contributed by atoms with van der Waals surface area (Å²) in [5.74, 6) is 0.205. The van der Waals surface area contributed by atoms with Gasteiger partial charge in [-0.3, -0.25) is 0 Å². The molecule has 1 aromatic heterocycles. The lowest BCUT2D eigenvalue weighted by Crippen LogP contribution is -2.25. The van der Waals surface area contributed by atoms with Gasteiger partial charge in [-0.15, -0.1) is 5.10 Å². The predicted molar refractivity (Wildman–Crippen MR) is 81.4 cm³/mol. The first kappa shape index (κ1) is 14.1. The number of nitrogen functional groups attached to an aromatic ring is 1. The molecule has 1 aliphatic rings. The fourth-order valence-electron chi connectivity index (χ4n) is 2.57. The van der Waals surface area contributed by atoms with E-state index in [4.69, 9.17) is 17.3 Å². The Labute approximate surface area is 127 Å². The van der Waals surface area contributed by atoms with Crippen LogP contribution in [0.25, 0.3) is 5.69 Å². The third-order valence-corrected chi connectivity index (χ3v) is 3.96. The zero-order chi connectivity index (χ0) is 14.8. The van der Waals surface area contributed by atoms with Crippen molar-refractivity contribution in [2.45, 2.75) is 25.7 Å². The van der Waals surface area contributed by atoms with Gasteiger partial charge in [-0.05, 0) is 25.0 Å². The Morgan fingerprint density at radius 1 is 1.14 bits per heavy atom. The highest BCUT2D eigenvalue weighted by Gasteiger charge is 2.19. The van der Waals surface area contributed by atoms with Gasteiger partial charge >= 0.3 is 0 Å². The van der Waals surface area contributed by atoms with Gasteiger partial charge in [0.15, 0.2) is 5.82 Å². The average Bonchev–Trinajstić information content (AvgIpc) is 2.67. The highest BCUT2D eigenvalue weighted by Crippen LogP contribution is 2.26. The Morgan fingerprint density at radius 3 is 2.52 bits per heavy atom. The lowest BCUT2D eigenvalue weighted by Gasteiger charge is -2.17. The zero-order valence-corrected chi connectivity index (χ0v) is 12.4. The van der Waals surface area contributed by atoms with Crippen LogP contribution in [-0.4, -0.2) is 27.9 Å². The molecule has 2 heterocycles. The van der Waals surface area contributed by atoms with Crippen molar-refractivity contribution in [2.75, 3.05) is 23.7 Å². The van der Waals surface area contributed by atoms with Gasteiger partial charge in [0.25, 0.3) is 0 Å². The fraction of sp³-hybridized carbons (Fsp3) is 0.429. The number of para-hydroxylation sites is 1. The third-order valence-electron chi connectivity index (χ3n) is 3.66. The Balaban J connectivity index is 1.98. The van der Waals surface area contributed by atoms with Gasteiger partial charge in [0.1, 0.15) is 5.69 Å². The molecule has 1 aromatic carbocycles. The minimum absolute atomic E-state index is 0.140. The molecule has 0 bridgehead atoms. The molecule has 5 nitrogen and oxygen atoms in total. The molecule has 0 saturated carbocycles. The molecule has 0 atom stereocenters. The monoisotopic (exact) mass is 309 g/mol. The van der Waals surface area contributed by atoms with Gasteiger partial charge in [-0.1, -0.05) is 30.5 Å². The van der Waals surface area contributed by atoms with Crippen molar-refractivity contribution in [3.05, 3.63) is 29.0 Å². The van der Waals surface area contributed by atoms with E-state index < -0.39 is 5.82 Å². The maximum Gasteiger partial charge on any atom is 0.246 e. The Hall–Kier alpha value is -1.82. The molecule has 0 amide bonds. The first-order valence-electron chi connectivity index (χ1n) is 7.08. The van der Waals surface area contributed by atoms with E-state index in [1.54, 1.807) is 12.1 Å². The summed E-state index contributed by atoms with van der Waals surface area (Å²) in [5.41, 5.74) is 6.04. The van der Waals surface area contributed by atoms with Crippen molar-refractivity contribution < 1.29 is 4.39 Å². The minimum atomic E-state index is -0.471. The second kappa shape index (κ2) is 5.89. The number of aromatic nitrogens is 3. The first-order valence-corrected chi connectivity index (χ1v) is 7.46. The molecule has 2 aromatic rings. The molecule has 3 rings (SSSR count). The minimum Gasteiger partial charge on any atom is -0.368 e. The molecule has 1 saturated heterocycles. The average molecular weight is 310 g/mol. The third kappa shape index (κ3) is 2.81. The normalized spacial score (nSPS) is 16.0. The number of hydrogen-bond acceptors (Lipinski definition) is 4. The lowest BCUT2D eigenvalue weighted by atomic mass is 10.2. The summed E-state index contributed by atoms with van der Waals surface area (Å²) < 4.78 is 15.3. The number of halogens is 2. The van der Waals surface area contributed by atoms with E-state index in [0.717, 1.165) is 25.9 Å². The summed E-state index contributed by atoms with van der Waals surface area (Å²) in [6, 6.07) is 4.48. The van der Waals surface area contributed by atoms with Crippen molar-refractivity contribution >= 4 is 23.5 Å². The van der Waals surface area contributed by atoms with Crippen LogP contribution in [0.3, 0.4) is 0 Å². The van der Waals surface area contributed by atoms with Crippen LogP contribution in [0.5, 0.6) is 0 Å².